The van der Waals surface area contributed by atoms with Gasteiger partial charge in [-0.2, -0.15) is 0 Å². The van der Waals surface area contributed by atoms with Gasteiger partial charge in [-0.05, 0) is 49.2 Å². The molecule has 1 aliphatic rings. The predicted octanol–water partition coefficient (Wildman–Crippen LogP) is 2.76. The Labute approximate surface area is 201 Å². The molecule has 9 nitrogen and oxygen atoms in total. The lowest BCUT2D eigenvalue weighted by atomic mass is 10.3. The number of ether oxygens (including phenoxy) is 3. The molecule has 1 aliphatic carbocycles. The fourth-order valence-corrected chi connectivity index (χ4v) is 3.62. The fourth-order valence-electron chi connectivity index (χ4n) is 3.62. The Hall–Kier alpha value is -3.01. The summed E-state index contributed by atoms with van der Waals surface area (Å²) >= 11 is 0. The number of benzene rings is 2. The summed E-state index contributed by atoms with van der Waals surface area (Å²) in [6.07, 6.45) is 4.56. The minimum absolute atomic E-state index is 0.156. The molecule has 0 spiro atoms. The number of nitrogens with two attached hydrogens (primary N) is 1. The van der Waals surface area contributed by atoms with Crippen molar-refractivity contribution in [2.45, 2.75) is 37.9 Å². The van der Waals surface area contributed by atoms with E-state index < -0.39 is 6.10 Å². The van der Waals surface area contributed by atoms with Crippen LogP contribution in [0.3, 0.4) is 0 Å². The number of hydrogen-bond donors (Lipinski definition) is 5. The number of aliphatic hydroxyl groups excluding tert-OH is 1. The van der Waals surface area contributed by atoms with E-state index in [2.05, 4.69) is 16.0 Å². The van der Waals surface area contributed by atoms with Crippen LogP contribution in [0.4, 0.5) is 16.2 Å². The van der Waals surface area contributed by atoms with Gasteiger partial charge in [-0.15, -0.1) is 0 Å². The van der Waals surface area contributed by atoms with Crippen molar-refractivity contribution in [3.05, 3.63) is 48.5 Å². The van der Waals surface area contributed by atoms with Crippen LogP contribution in [-0.2, 0) is 4.74 Å². The van der Waals surface area contributed by atoms with Gasteiger partial charge in [0.05, 0.1) is 24.1 Å². The molecule has 34 heavy (non-hydrogen) atoms. The van der Waals surface area contributed by atoms with Gasteiger partial charge in [-0.3, -0.25) is 0 Å². The van der Waals surface area contributed by atoms with Gasteiger partial charge in [0.25, 0.3) is 0 Å². The summed E-state index contributed by atoms with van der Waals surface area (Å²) in [5.74, 6) is 1.42. The number of nitrogens with one attached hydrogen (secondary N) is 3. The zero-order valence-electron chi connectivity index (χ0n) is 19.5. The molecule has 0 heterocycles. The van der Waals surface area contributed by atoms with Crippen LogP contribution < -0.4 is 31.2 Å². The molecule has 0 bridgehead atoms. The summed E-state index contributed by atoms with van der Waals surface area (Å²) in [7, 11) is 0. The van der Waals surface area contributed by atoms with Crippen molar-refractivity contribution in [1.29, 1.82) is 0 Å². The maximum atomic E-state index is 11.9. The average molecular weight is 473 g/mol. The number of rotatable bonds is 14. The lowest BCUT2D eigenvalue weighted by Gasteiger charge is -2.14. The highest BCUT2D eigenvalue weighted by atomic mass is 16.5. The SMILES string of the molecule is Nc1ccccc1NC(=O)NCCNCC(O)COc1ccc(OCCOC2CCCC2)cc1. The monoisotopic (exact) mass is 472 g/mol. The molecule has 0 aliphatic heterocycles. The number of nitrogen functional groups attached to an aromatic ring is 1. The van der Waals surface area contributed by atoms with Crippen LogP contribution in [0.1, 0.15) is 25.7 Å². The average Bonchev–Trinajstić information content (AvgIpc) is 3.36. The van der Waals surface area contributed by atoms with Gasteiger partial charge in [-0.1, -0.05) is 25.0 Å². The van der Waals surface area contributed by atoms with E-state index in [0.717, 1.165) is 18.6 Å². The first-order chi connectivity index (χ1) is 16.6. The third-order valence-corrected chi connectivity index (χ3v) is 5.45. The Kier molecular flexibility index (Phi) is 10.8. The summed E-state index contributed by atoms with van der Waals surface area (Å²) in [6.45, 7) is 2.53. The van der Waals surface area contributed by atoms with E-state index in [0.29, 0.717) is 56.1 Å². The van der Waals surface area contributed by atoms with Crippen LogP contribution in [0.15, 0.2) is 48.5 Å². The Balaban J connectivity index is 1.20. The van der Waals surface area contributed by atoms with Gasteiger partial charge in [0.15, 0.2) is 0 Å². The van der Waals surface area contributed by atoms with Gasteiger partial charge in [0.1, 0.15) is 30.8 Å². The second kappa shape index (κ2) is 14.3. The van der Waals surface area contributed by atoms with Crippen molar-refractivity contribution in [3.8, 4) is 11.5 Å². The largest absolute Gasteiger partial charge is 0.491 e. The lowest BCUT2D eigenvalue weighted by molar-refractivity contribution is 0.0382. The molecule has 2 aromatic rings. The van der Waals surface area contributed by atoms with Crippen LogP contribution in [0.25, 0.3) is 0 Å². The Bertz CT molecular complexity index is 859. The molecular weight excluding hydrogens is 436 g/mol. The molecule has 9 heteroatoms. The Morgan fingerprint density at radius 1 is 1.00 bits per heavy atom. The quantitative estimate of drug-likeness (QED) is 0.211. The molecule has 1 atom stereocenters. The fraction of sp³-hybridized carbons (Fsp3) is 0.480. The van der Waals surface area contributed by atoms with Crippen LogP contribution >= 0.6 is 0 Å². The number of amides is 2. The van der Waals surface area contributed by atoms with Crippen LogP contribution in [0, 0.1) is 0 Å². The number of carbonyl (C=O) groups is 1. The highest BCUT2D eigenvalue weighted by Crippen LogP contribution is 2.21. The van der Waals surface area contributed by atoms with Gasteiger partial charge < -0.3 is 41.0 Å². The molecule has 3 rings (SSSR count). The number of aliphatic hydroxyl groups is 1. The minimum atomic E-state index is -0.679. The molecule has 6 N–H and O–H groups in total. The van der Waals surface area contributed by atoms with E-state index in [9.17, 15) is 9.90 Å². The van der Waals surface area contributed by atoms with Crippen molar-refractivity contribution in [2.75, 3.05) is 50.5 Å². The van der Waals surface area contributed by atoms with E-state index in [-0.39, 0.29) is 12.6 Å². The Morgan fingerprint density at radius 3 is 2.44 bits per heavy atom. The standard InChI is InChI=1S/C25H36N4O5/c26-23-7-3-4-8-24(23)29-25(31)28-14-13-27-17-19(30)18-34-22-11-9-21(10-12-22)33-16-15-32-20-5-1-2-6-20/h3-4,7-12,19-20,27,30H,1-2,5-6,13-18,26H2,(H2,28,29,31). The molecule has 2 amide bonds. The van der Waals surface area contributed by atoms with E-state index in [1.165, 1.54) is 12.8 Å². The summed E-state index contributed by atoms with van der Waals surface area (Å²) in [6, 6.07) is 14.0. The van der Waals surface area contributed by atoms with Crippen LogP contribution in [-0.4, -0.2) is 62.8 Å². The van der Waals surface area contributed by atoms with Crippen molar-refractivity contribution in [2.24, 2.45) is 0 Å². The molecule has 186 valence electrons. The van der Waals surface area contributed by atoms with E-state index in [1.807, 2.05) is 24.3 Å². The van der Waals surface area contributed by atoms with Gasteiger partial charge in [0, 0.05) is 19.6 Å². The van der Waals surface area contributed by atoms with Crippen molar-refractivity contribution in [1.82, 2.24) is 10.6 Å². The van der Waals surface area contributed by atoms with E-state index in [4.69, 9.17) is 19.9 Å². The van der Waals surface area contributed by atoms with Crippen molar-refractivity contribution < 1.29 is 24.1 Å². The van der Waals surface area contributed by atoms with Gasteiger partial charge in [-0.25, -0.2) is 4.79 Å². The van der Waals surface area contributed by atoms with Gasteiger partial charge >= 0.3 is 6.03 Å². The number of anilines is 2. The first kappa shape index (κ1) is 25.6. The van der Waals surface area contributed by atoms with Gasteiger partial charge in [0.2, 0.25) is 0 Å². The van der Waals surface area contributed by atoms with E-state index >= 15 is 0 Å². The third kappa shape index (κ3) is 9.46. The number of hydrogen-bond acceptors (Lipinski definition) is 7. The molecule has 1 unspecified atom stereocenters. The smallest absolute Gasteiger partial charge is 0.319 e. The summed E-state index contributed by atoms with van der Waals surface area (Å²) in [5, 5.41) is 18.6. The summed E-state index contributed by atoms with van der Waals surface area (Å²) < 4.78 is 17.1. The zero-order chi connectivity index (χ0) is 24.0. The number of urea groups is 1. The molecule has 1 saturated carbocycles. The highest BCUT2D eigenvalue weighted by molar-refractivity contribution is 5.92. The maximum absolute atomic E-state index is 11.9. The molecule has 2 aromatic carbocycles. The summed E-state index contributed by atoms with van der Waals surface area (Å²) in [5.41, 5.74) is 6.86. The molecule has 0 saturated heterocycles. The molecule has 0 aromatic heterocycles. The highest BCUT2D eigenvalue weighted by Gasteiger charge is 2.14. The third-order valence-electron chi connectivity index (χ3n) is 5.45. The minimum Gasteiger partial charge on any atom is -0.491 e. The Morgan fingerprint density at radius 2 is 1.71 bits per heavy atom. The molecular formula is C25H36N4O5. The van der Waals surface area contributed by atoms with E-state index in [1.54, 1.807) is 24.3 Å². The first-order valence-electron chi connectivity index (χ1n) is 11.9. The lowest BCUT2D eigenvalue weighted by Crippen LogP contribution is -2.38. The normalized spacial score (nSPS) is 14.5. The molecule has 1 fully saturated rings. The zero-order valence-corrected chi connectivity index (χ0v) is 19.5. The first-order valence-corrected chi connectivity index (χ1v) is 11.9. The second-order valence-corrected chi connectivity index (χ2v) is 8.23. The molecule has 0 radical (unpaired) electrons. The van der Waals surface area contributed by atoms with Crippen LogP contribution in [0.2, 0.25) is 0 Å². The number of carbonyl (C=O) groups excluding carboxylic acids is 1. The predicted molar refractivity (Wildman–Crippen MR) is 132 cm³/mol. The maximum Gasteiger partial charge on any atom is 0.319 e. The van der Waals surface area contributed by atoms with Crippen molar-refractivity contribution >= 4 is 17.4 Å². The second-order valence-electron chi connectivity index (χ2n) is 8.23. The van der Waals surface area contributed by atoms with Crippen LogP contribution in [0.5, 0.6) is 11.5 Å². The topological polar surface area (TPSA) is 127 Å². The number of para-hydroxylation sites is 2. The van der Waals surface area contributed by atoms with Crippen molar-refractivity contribution in [3.63, 3.8) is 0 Å². The summed E-state index contributed by atoms with van der Waals surface area (Å²) in [4.78, 5) is 11.9.